The predicted octanol–water partition coefficient (Wildman–Crippen LogP) is 3.16. The SMILES string of the molecule is COP(=O)(OC)OCc1ccc(-c2ccc(CO)cc2)nc1. The first-order chi connectivity index (χ1) is 10.6. The molecule has 0 saturated heterocycles. The van der Waals surface area contributed by atoms with Gasteiger partial charge in [-0.05, 0) is 17.2 Å². The zero-order valence-corrected chi connectivity index (χ0v) is 13.3. The Bertz CT molecular complexity index is 634. The molecule has 7 heteroatoms. The van der Waals surface area contributed by atoms with Crippen molar-refractivity contribution in [3.05, 3.63) is 53.7 Å². The van der Waals surface area contributed by atoms with Gasteiger partial charge in [-0.3, -0.25) is 18.6 Å². The number of pyridine rings is 1. The molecule has 22 heavy (non-hydrogen) atoms. The Morgan fingerprint density at radius 1 is 1.05 bits per heavy atom. The van der Waals surface area contributed by atoms with E-state index in [9.17, 15) is 4.57 Å². The third-order valence-electron chi connectivity index (χ3n) is 3.09. The minimum atomic E-state index is -3.48. The fourth-order valence-electron chi connectivity index (χ4n) is 1.80. The molecule has 0 aliphatic rings. The molecule has 2 aromatic rings. The van der Waals surface area contributed by atoms with Gasteiger partial charge >= 0.3 is 7.82 Å². The second-order valence-electron chi connectivity index (χ2n) is 4.49. The molecule has 0 aliphatic carbocycles. The lowest BCUT2D eigenvalue weighted by atomic mass is 10.1. The van der Waals surface area contributed by atoms with Gasteiger partial charge < -0.3 is 5.11 Å². The maximum absolute atomic E-state index is 11.8. The van der Waals surface area contributed by atoms with Crippen molar-refractivity contribution in [3.8, 4) is 11.3 Å². The van der Waals surface area contributed by atoms with Crippen molar-refractivity contribution in [1.82, 2.24) is 4.98 Å². The number of hydrogen-bond donors (Lipinski definition) is 1. The zero-order valence-electron chi connectivity index (χ0n) is 12.4. The largest absolute Gasteiger partial charge is 0.474 e. The maximum atomic E-state index is 11.8. The zero-order chi connectivity index (χ0) is 16.0. The lowest BCUT2D eigenvalue weighted by molar-refractivity contribution is 0.145. The van der Waals surface area contributed by atoms with Gasteiger partial charge in [-0.1, -0.05) is 30.3 Å². The normalized spacial score (nSPS) is 11.6. The van der Waals surface area contributed by atoms with Crippen molar-refractivity contribution in [2.75, 3.05) is 14.2 Å². The third kappa shape index (κ3) is 4.22. The van der Waals surface area contributed by atoms with Gasteiger partial charge in [0.25, 0.3) is 0 Å². The highest BCUT2D eigenvalue weighted by molar-refractivity contribution is 7.48. The Morgan fingerprint density at radius 2 is 1.68 bits per heavy atom. The van der Waals surface area contributed by atoms with Crippen molar-refractivity contribution in [1.29, 1.82) is 0 Å². The van der Waals surface area contributed by atoms with Crippen molar-refractivity contribution in [3.63, 3.8) is 0 Å². The van der Waals surface area contributed by atoms with Crippen LogP contribution in [0.2, 0.25) is 0 Å². The number of phosphoric ester groups is 1. The van der Waals surface area contributed by atoms with Gasteiger partial charge in [0.15, 0.2) is 0 Å². The van der Waals surface area contributed by atoms with E-state index in [0.717, 1.165) is 22.4 Å². The van der Waals surface area contributed by atoms with Crippen LogP contribution in [0.1, 0.15) is 11.1 Å². The van der Waals surface area contributed by atoms with Gasteiger partial charge in [-0.25, -0.2) is 4.57 Å². The monoisotopic (exact) mass is 323 g/mol. The van der Waals surface area contributed by atoms with Crippen LogP contribution in [-0.2, 0) is 31.4 Å². The number of aromatic nitrogens is 1. The van der Waals surface area contributed by atoms with Gasteiger partial charge in [-0.15, -0.1) is 0 Å². The van der Waals surface area contributed by atoms with E-state index in [1.807, 2.05) is 36.4 Å². The average molecular weight is 323 g/mol. The Labute approximate surface area is 129 Å². The highest BCUT2D eigenvalue weighted by atomic mass is 31.2. The molecule has 0 unspecified atom stereocenters. The summed E-state index contributed by atoms with van der Waals surface area (Å²) >= 11 is 0. The van der Waals surface area contributed by atoms with Crippen LogP contribution in [0.15, 0.2) is 42.6 Å². The van der Waals surface area contributed by atoms with E-state index in [1.54, 1.807) is 6.20 Å². The first-order valence-electron chi connectivity index (χ1n) is 6.61. The summed E-state index contributed by atoms with van der Waals surface area (Å²) in [6, 6.07) is 11.2. The molecular formula is C15H18NO5P. The van der Waals surface area contributed by atoms with E-state index in [1.165, 1.54) is 14.2 Å². The van der Waals surface area contributed by atoms with E-state index in [-0.39, 0.29) is 13.2 Å². The fourth-order valence-corrected chi connectivity index (χ4v) is 2.46. The summed E-state index contributed by atoms with van der Waals surface area (Å²) in [4.78, 5) is 4.34. The molecule has 0 bridgehead atoms. The molecule has 0 amide bonds. The summed E-state index contributed by atoms with van der Waals surface area (Å²) in [5, 5.41) is 9.03. The summed E-state index contributed by atoms with van der Waals surface area (Å²) in [7, 11) is -0.946. The summed E-state index contributed by atoms with van der Waals surface area (Å²) in [6.45, 7) is 0.0960. The number of phosphoric acid groups is 1. The number of rotatable bonds is 7. The molecule has 2 rings (SSSR count). The van der Waals surface area contributed by atoms with Gasteiger partial charge in [-0.2, -0.15) is 0 Å². The predicted molar refractivity (Wildman–Crippen MR) is 82.0 cm³/mol. The molecule has 1 heterocycles. The van der Waals surface area contributed by atoms with Crippen LogP contribution in [0.5, 0.6) is 0 Å². The Morgan fingerprint density at radius 3 is 2.18 bits per heavy atom. The van der Waals surface area contributed by atoms with Gasteiger partial charge in [0.2, 0.25) is 0 Å². The lowest BCUT2D eigenvalue weighted by Gasteiger charge is -2.13. The van der Waals surface area contributed by atoms with E-state index >= 15 is 0 Å². The Balaban J connectivity index is 2.05. The Hall–Kier alpha value is -1.56. The molecule has 1 aromatic heterocycles. The quantitative estimate of drug-likeness (QED) is 0.789. The minimum Gasteiger partial charge on any atom is -0.392 e. The molecule has 0 spiro atoms. The molecule has 0 aliphatic heterocycles. The lowest BCUT2D eigenvalue weighted by Crippen LogP contribution is -1.96. The van der Waals surface area contributed by atoms with E-state index in [0.29, 0.717) is 0 Å². The van der Waals surface area contributed by atoms with Gasteiger partial charge in [0, 0.05) is 26.0 Å². The standard InChI is InChI=1S/C15H18NO5P/c1-19-22(18,20-2)21-11-13-5-8-15(16-9-13)14-6-3-12(10-17)4-7-14/h3-9,17H,10-11H2,1-2H3. The second kappa shape index (κ2) is 7.63. The van der Waals surface area contributed by atoms with Crippen molar-refractivity contribution in [2.24, 2.45) is 0 Å². The first-order valence-corrected chi connectivity index (χ1v) is 8.07. The molecule has 6 nitrogen and oxygen atoms in total. The van der Waals surface area contributed by atoms with Crippen molar-refractivity contribution >= 4 is 7.82 Å². The number of aliphatic hydroxyl groups excluding tert-OH is 1. The molecule has 118 valence electrons. The van der Waals surface area contributed by atoms with E-state index in [2.05, 4.69) is 4.98 Å². The topological polar surface area (TPSA) is 77.9 Å². The van der Waals surface area contributed by atoms with Crippen LogP contribution in [0, 0.1) is 0 Å². The molecule has 0 fully saturated rings. The number of benzene rings is 1. The maximum Gasteiger partial charge on any atom is 0.474 e. The van der Waals surface area contributed by atoms with E-state index in [4.69, 9.17) is 18.7 Å². The summed E-state index contributed by atoms with van der Waals surface area (Å²) in [5.74, 6) is 0. The molecule has 0 atom stereocenters. The molecule has 0 saturated carbocycles. The fraction of sp³-hybridized carbons (Fsp3) is 0.267. The first kappa shape index (κ1) is 16.8. The van der Waals surface area contributed by atoms with Crippen molar-refractivity contribution in [2.45, 2.75) is 13.2 Å². The molecule has 1 aromatic carbocycles. The summed E-state index contributed by atoms with van der Waals surface area (Å²) < 4.78 is 26.3. The number of nitrogens with zero attached hydrogens (tertiary/aromatic N) is 1. The molecule has 0 radical (unpaired) electrons. The van der Waals surface area contributed by atoms with Gasteiger partial charge in [0.1, 0.15) is 0 Å². The molecule has 1 N–H and O–H groups in total. The van der Waals surface area contributed by atoms with Gasteiger partial charge in [0.05, 0.1) is 18.9 Å². The van der Waals surface area contributed by atoms with Crippen LogP contribution in [0.3, 0.4) is 0 Å². The van der Waals surface area contributed by atoms with Crippen LogP contribution in [-0.4, -0.2) is 24.3 Å². The van der Waals surface area contributed by atoms with E-state index < -0.39 is 7.82 Å². The van der Waals surface area contributed by atoms with Crippen LogP contribution < -0.4 is 0 Å². The summed E-state index contributed by atoms with van der Waals surface area (Å²) in [5.41, 5.74) is 3.35. The number of aliphatic hydroxyl groups is 1. The third-order valence-corrected chi connectivity index (χ3v) is 4.43. The van der Waals surface area contributed by atoms with Crippen molar-refractivity contribution < 1.29 is 23.2 Å². The van der Waals surface area contributed by atoms with Crippen LogP contribution >= 0.6 is 7.82 Å². The number of hydrogen-bond acceptors (Lipinski definition) is 6. The minimum absolute atomic E-state index is 0.0169. The Kier molecular flexibility index (Phi) is 5.83. The highest BCUT2D eigenvalue weighted by Crippen LogP contribution is 2.48. The van der Waals surface area contributed by atoms with Crippen LogP contribution in [0.4, 0.5) is 0 Å². The average Bonchev–Trinajstić information content (AvgIpc) is 2.60. The van der Waals surface area contributed by atoms with Crippen LogP contribution in [0.25, 0.3) is 11.3 Å². The summed E-state index contributed by atoms with van der Waals surface area (Å²) in [6.07, 6.45) is 1.64. The smallest absolute Gasteiger partial charge is 0.392 e. The molecular weight excluding hydrogens is 305 g/mol. The second-order valence-corrected chi connectivity index (χ2v) is 6.38. The highest BCUT2D eigenvalue weighted by Gasteiger charge is 2.22.